The van der Waals surface area contributed by atoms with Crippen molar-refractivity contribution < 1.29 is 4.74 Å². The number of hydrogen-bond donors (Lipinski definition) is 0. The van der Waals surface area contributed by atoms with Crippen molar-refractivity contribution in [1.29, 1.82) is 0 Å². The summed E-state index contributed by atoms with van der Waals surface area (Å²) in [5.74, 6) is 0. The van der Waals surface area contributed by atoms with Gasteiger partial charge in [-0.3, -0.25) is 0 Å². The van der Waals surface area contributed by atoms with Crippen LogP contribution in [0.4, 0.5) is 0 Å². The van der Waals surface area contributed by atoms with Crippen LogP contribution in [0.3, 0.4) is 0 Å². The number of unbranched alkanes of at least 4 members (excludes halogenated alkanes) is 1. The standard InChI is InChI=1S/C18H28OSi/c1-5-6-15-19-18(14-10-9-11-16(18)2)20(3,4)17-12-7-8-13-17/h7-12H,5-6,13-15H2,1-4H3. The minimum atomic E-state index is -1.68. The number of ether oxygens (including phenoxy) is 1. The third-order valence-corrected chi connectivity index (χ3v) is 9.69. The Bertz CT molecular complexity index is 468. The molecule has 0 aromatic heterocycles. The van der Waals surface area contributed by atoms with Crippen molar-refractivity contribution in [2.24, 2.45) is 0 Å². The molecule has 2 aliphatic carbocycles. The topological polar surface area (TPSA) is 9.23 Å². The Labute approximate surface area is 125 Å². The second kappa shape index (κ2) is 6.27. The SMILES string of the molecule is CCCCOC1([Si](C)(C)C2=CC=CC2)CC=CC=C1C. The smallest absolute Gasteiger partial charge is 0.118 e. The van der Waals surface area contributed by atoms with Gasteiger partial charge in [0.25, 0.3) is 0 Å². The van der Waals surface area contributed by atoms with Gasteiger partial charge in [0.1, 0.15) is 8.07 Å². The van der Waals surface area contributed by atoms with Crippen molar-refractivity contribution >= 4 is 8.07 Å². The van der Waals surface area contributed by atoms with Gasteiger partial charge < -0.3 is 4.74 Å². The molecule has 0 aromatic rings. The molecule has 110 valence electrons. The van der Waals surface area contributed by atoms with Gasteiger partial charge in [-0.1, -0.05) is 68.1 Å². The molecule has 0 aromatic carbocycles. The largest absolute Gasteiger partial charge is 0.374 e. The summed E-state index contributed by atoms with van der Waals surface area (Å²) in [6.07, 6.45) is 18.1. The van der Waals surface area contributed by atoms with Crippen molar-refractivity contribution in [2.45, 2.75) is 57.8 Å². The zero-order valence-corrected chi connectivity index (χ0v) is 14.4. The molecule has 1 nitrogen and oxygen atoms in total. The highest BCUT2D eigenvalue weighted by Crippen LogP contribution is 2.43. The fourth-order valence-electron chi connectivity index (χ4n) is 3.40. The fraction of sp³-hybridized carbons (Fsp3) is 0.556. The summed E-state index contributed by atoms with van der Waals surface area (Å²) >= 11 is 0. The average Bonchev–Trinajstić information content (AvgIpc) is 2.96. The zero-order valence-electron chi connectivity index (χ0n) is 13.4. The third-order valence-electron chi connectivity index (χ3n) is 4.95. The van der Waals surface area contributed by atoms with Gasteiger partial charge in [0.15, 0.2) is 0 Å². The Morgan fingerprint density at radius 1 is 1.20 bits per heavy atom. The highest BCUT2D eigenvalue weighted by molar-refractivity contribution is 6.87. The van der Waals surface area contributed by atoms with Crippen molar-refractivity contribution in [3.8, 4) is 0 Å². The van der Waals surface area contributed by atoms with Crippen LogP contribution >= 0.6 is 0 Å². The second-order valence-electron chi connectivity index (χ2n) is 6.46. The molecule has 1 atom stereocenters. The lowest BCUT2D eigenvalue weighted by atomic mass is 10.0. The van der Waals surface area contributed by atoms with E-state index in [2.05, 4.69) is 63.4 Å². The van der Waals surface area contributed by atoms with E-state index in [-0.39, 0.29) is 5.22 Å². The molecule has 2 heteroatoms. The van der Waals surface area contributed by atoms with Gasteiger partial charge in [-0.25, -0.2) is 0 Å². The van der Waals surface area contributed by atoms with Crippen molar-refractivity contribution in [1.82, 2.24) is 0 Å². The van der Waals surface area contributed by atoms with Crippen LogP contribution in [-0.2, 0) is 4.74 Å². The first-order valence-corrected chi connectivity index (χ1v) is 10.9. The summed E-state index contributed by atoms with van der Waals surface area (Å²) in [4.78, 5) is 0. The zero-order chi connectivity index (χ0) is 14.6. The van der Waals surface area contributed by atoms with Gasteiger partial charge in [0.05, 0.1) is 5.22 Å². The second-order valence-corrected chi connectivity index (χ2v) is 11.2. The summed E-state index contributed by atoms with van der Waals surface area (Å²) in [6.45, 7) is 10.3. The summed E-state index contributed by atoms with van der Waals surface area (Å²) < 4.78 is 6.57. The van der Waals surface area contributed by atoms with E-state index in [1.54, 1.807) is 5.20 Å². The molecule has 0 saturated carbocycles. The first kappa shape index (κ1) is 15.5. The van der Waals surface area contributed by atoms with Crippen LogP contribution in [-0.4, -0.2) is 19.9 Å². The fourth-order valence-corrected chi connectivity index (χ4v) is 7.22. The summed E-state index contributed by atoms with van der Waals surface area (Å²) in [6, 6.07) is 0. The van der Waals surface area contributed by atoms with Crippen LogP contribution in [0.15, 0.2) is 47.2 Å². The molecule has 0 aliphatic heterocycles. The Morgan fingerprint density at radius 2 is 1.95 bits per heavy atom. The molecule has 0 amide bonds. The number of allylic oxidation sites excluding steroid dienone is 6. The first-order chi connectivity index (χ1) is 9.54. The molecular formula is C18H28OSi. The lowest BCUT2D eigenvalue weighted by molar-refractivity contribution is 0.0358. The van der Waals surface area contributed by atoms with Crippen molar-refractivity contribution in [3.05, 3.63) is 47.2 Å². The normalized spacial score (nSPS) is 25.8. The minimum absolute atomic E-state index is 0.0469. The molecule has 1 unspecified atom stereocenters. The molecule has 2 aliphatic rings. The van der Waals surface area contributed by atoms with E-state index in [0.717, 1.165) is 25.9 Å². The molecule has 0 spiro atoms. The maximum absolute atomic E-state index is 6.57. The van der Waals surface area contributed by atoms with Crippen LogP contribution in [0.1, 0.15) is 39.5 Å². The van der Waals surface area contributed by atoms with Gasteiger partial charge in [-0.15, -0.1) is 0 Å². The van der Waals surface area contributed by atoms with Crippen molar-refractivity contribution in [3.63, 3.8) is 0 Å². The first-order valence-electron chi connectivity index (χ1n) is 7.88. The average molecular weight is 289 g/mol. The maximum atomic E-state index is 6.57. The maximum Gasteiger partial charge on any atom is 0.118 e. The predicted octanol–water partition coefficient (Wildman–Crippen LogP) is 5.12. The van der Waals surface area contributed by atoms with E-state index >= 15 is 0 Å². The molecule has 0 bridgehead atoms. The predicted molar refractivity (Wildman–Crippen MR) is 90.4 cm³/mol. The number of hydrogen-bond acceptors (Lipinski definition) is 1. The van der Waals surface area contributed by atoms with Gasteiger partial charge in [0.2, 0.25) is 0 Å². The Balaban J connectivity index is 2.31. The van der Waals surface area contributed by atoms with Crippen LogP contribution in [0, 0.1) is 0 Å². The molecule has 0 radical (unpaired) electrons. The van der Waals surface area contributed by atoms with Crippen LogP contribution in [0.5, 0.6) is 0 Å². The van der Waals surface area contributed by atoms with E-state index in [4.69, 9.17) is 4.74 Å². The molecular weight excluding hydrogens is 260 g/mol. The van der Waals surface area contributed by atoms with E-state index < -0.39 is 8.07 Å². The lowest BCUT2D eigenvalue weighted by Gasteiger charge is -2.48. The van der Waals surface area contributed by atoms with Crippen LogP contribution < -0.4 is 0 Å². The highest BCUT2D eigenvalue weighted by Gasteiger charge is 2.50. The molecule has 0 fully saturated rings. The Hall–Kier alpha value is -0.863. The van der Waals surface area contributed by atoms with Gasteiger partial charge in [-0.05, 0) is 31.8 Å². The minimum Gasteiger partial charge on any atom is -0.374 e. The highest BCUT2D eigenvalue weighted by atomic mass is 28.3. The third kappa shape index (κ3) is 2.64. The molecule has 2 rings (SSSR count). The molecule has 0 saturated heterocycles. The van der Waals surface area contributed by atoms with Crippen LogP contribution in [0.25, 0.3) is 0 Å². The Morgan fingerprint density at radius 3 is 2.55 bits per heavy atom. The molecule has 20 heavy (non-hydrogen) atoms. The Kier molecular flexibility index (Phi) is 4.87. The van der Waals surface area contributed by atoms with E-state index in [1.165, 1.54) is 12.0 Å². The number of rotatable bonds is 6. The summed E-state index contributed by atoms with van der Waals surface area (Å²) in [5.41, 5.74) is 1.42. The van der Waals surface area contributed by atoms with E-state index in [1.807, 2.05) is 0 Å². The van der Waals surface area contributed by atoms with Gasteiger partial charge in [-0.2, -0.15) is 0 Å². The summed E-state index contributed by atoms with van der Waals surface area (Å²) in [5, 5.41) is 1.58. The van der Waals surface area contributed by atoms with E-state index in [0.29, 0.717) is 0 Å². The van der Waals surface area contributed by atoms with Crippen LogP contribution in [0.2, 0.25) is 13.1 Å². The van der Waals surface area contributed by atoms with Gasteiger partial charge >= 0.3 is 0 Å². The summed E-state index contributed by atoms with van der Waals surface area (Å²) in [7, 11) is -1.68. The lowest BCUT2D eigenvalue weighted by Crippen LogP contribution is -2.58. The van der Waals surface area contributed by atoms with E-state index in [9.17, 15) is 0 Å². The van der Waals surface area contributed by atoms with Gasteiger partial charge in [0, 0.05) is 6.61 Å². The molecule has 0 N–H and O–H groups in total. The monoisotopic (exact) mass is 288 g/mol. The molecule has 0 heterocycles. The quantitative estimate of drug-likeness (QED) is 0.487. The van der Waals surface area contributed by atoms with Crippen molar-refractivity contribution in [2.75, 3.05) is 6.61 Å².